The molecule has 3 N–H and O–H groups in total. The molecule has 3 atom stereocenters. The number of nitrogens with one attached hydrogen (secondary N) is 1. The van der Waals surface area contributed by atoms with Crippen LogP contribution in [0.4, 0.5) is 0 Å². The first kappa shape index (κ1) is 26.8. The maximum Gasteiger partial charge on any atom is 0.130 e. The van der Waals surface area contributed by atoms with Crippen molar-refractivity contribution in [3.05, 3.63) is 168 Å². The highest BCUT2D eigenvalue weighted by Gasteiger charge is 2.32. The summed E-state index contributed by atoms with van der Waals surface area (Å²) < 4.78 is 2.40. The molecule has 214 valence electrons. The smallest absolute Gasteiger partial charge is 0.130 e. The summed E-state index contributed by atoms with van der Waals surface area (Å²) in [7, 11) is 0. The Bertz CT molecular complexity index is 2060. The molecule has 6 aromatic rings. The Morgan fingerprint density at radius 3 is 2.32 bits per heavy atom. The number of thioether (sulfide) groups is 1. The van der Waals surface area contributed by atoms with Gasteiger partial charge in [-0.15, -0.1) is 11.8 Å². The van der Waals surface area contributed by atoms with E-state index in [0.717, 1.165) is 28.2 Å². The van der Waals surface area contributed by atoms with Crippen LogP contribution in [0.3, 0.4) is 0 Å². The van der Waals surface area contributed by atoms with Gasteiger partial charge < -0.3 is 15.6 Å². The van der Waals surface area contributed by atoms with E-state index in [1.54, 1.807) is 0 Å². The van der Waals surface area contributed by atoms with Crippen LogP contribution >= 0.6 is 11.8 Å². The molecule has 5 heteroatoms. The van der Waals surface area contributed by atoms with Crippen molar-refractivity contribution in [3.8, 4) is 5.69 Å². The average molecular weight is 589 g/mol. The lowest BCUT2D eigenvalue weighted by Crippen LogP contribution is -2.34. The van der Waals surface area contributed by atoms with Gasteiger partial charge in [0.1, 0.15) is 12.0 Å². The van der Waals surface area contributed by atoms with E-state index in [9.17, 15) is 0 Å². The third-order valence-corrected chi connectivity index (χ3v) is 9.95. The highest BCUT2D eigenvalue weighted by atomic mass is 32.2. The zero-order valence-corrected chi connectivity index (χ0v) is 25.0. The van der Waals surface area contributed by atoms with E-state index in [0.29, 0.717) is 17.7 Å². The number of nitrogens with two attached hydrogens (primary N) is 1. The normalized spacial score (nSPS) is 18.0. The van der Waals surface area contributed by atoms with Gasteiger partial charge in [0.25, 0.3) is 0 Å². The Labute approximate surface area is 261 Å². The van der Waals surface area contributed by atoms with Crippen molar-refractivity contribution in [3.63, 3.8) is 0 Å². The molecule has 0 saturated heterocycles. The van der Waals surface area contributed by atoms with Crippen LogP contribution in [-0.2, 0) is 6.54 Å². The van der Waals surface area contributed by atoms with Crippen molar-refractivity contribution in [2.24, 2.45) is 10.7 Å². The Balaban J connectivity index is 1.12. The largest absolute Gasteiger partial charge is 0.351 e. The van der Waals surface area contributed by atoms with Crippen LogP contribution in [0.25, 0.3) is 27.5 Å². The van der Waals surface area contributed by atoms with Crippen molar-refractivity contribution in [2.45, 2.75) is 28.8 Å². The van der Waals surface area contributed by atoms with Gasteiger partial charge in [-0.05, 0) is 47.0 Å². The number of aromatic nitrogens is 1. The minimum absolute atomic E-state index is 0.358. The van der Waals surface area contributed by atoms with Crippen LogP contribution in [0.5, 0.6) is 0 Å². The summed E-state index contributed by atoms with van der Waals surface area (Å²) in [5, 5.41) is 6.53. The summed E-state index contributed by atoms with van der Waals surface area (Å²) in [5.74, 6) is 1.23. The predicted octanol–water partition coefficient (Wildman–Crippen LogP) is 8.66. The van der Waals surface area contributed by atoms with Gasteiger partial charge in [0.15, 0.2) is 0 Å². The molecule has 2 aliphatic rings. The molecule has 0 bridgehead atoms. The number of allylic oxidation sites excluding steroid dienone is 3. The summed E-state index contributed by atoms with van der Waals surface area (Å²) in [6.45, 7) is 0.542. The van der Waals surface area contributed by atoms with Crippen molar-refractivity contribution in [2.75, 3.05) is 0 Å². The van der Waals surface area contributed by atoms with Gasteiger partial charge in [-0.2, -0.15) is 0 Å². The number of amidine groups is 1. The molecular weight excluding hydrogens is 557 g/mol. The fourth-order valence-electron chi connectivity index (χ4n) is 6.41. The van der Waals surface area contributed by atoms with E-state index in [1.807, 2.05) is 60.3 Å². The molecule has 0 radical (unpaired) electrons. The molecule has 1 aliphatic heterocycles. The zero-order chi connectivity index (χ0) is 29.5. The van der Waals surface area contributed by atoms with E-state index in [4.69, 9.17) is 10.7 Å². The lowest BCUT2D eigenvalue weighted by Gasteiger charge is -2.18. The summed E-state index contributed by atoms with van der Waals surface area (Å²) in [6, 6.07) is 42.6. The number of benzene rings is 5. The molecular formula is C39H32N4S. The van der Waals surface area contributed by atoms with Gasteiger partial charge in [-0.3, -0.25) is 4.99 Å². The first-order chi connectivity index (χ1) is 21.7. The lowest BCUT2D eigenvalue weighted by molar-refractivity contribution is 0.679. The van der Waals surface area contributed by atoms with Crippen LogP contribution in [0.15, 0.2) is 156 Å². The fourth-order valence-corrected chi connectivity index (χ4v) is 7.77. The zero-order valence-electron chi connectivity index (χ0n) is 24.2. The number of para-hydroxylation sites is 1. The maximum absolute atomic E-state index is 6.53. The monoisotopic (exact) mass is 588 g/mol. The highest BCUT2D eigenvalue weighted by molar-refractivity contribution is 8.00. The number of nitrogens with zero attached hydrogens (tertiary/aromatic N) is 2. The number of hydrogen-bond donors (Lipinski definition) is 2. The topological polar surface area (TPSA) is 55.3 Å². The van der Waals surface area contributed by atoms with Gasteiger partial charge >= 0.3 is 0 Å². The Morgan fingerprint density at radius 1 is 0.773 bits per heavy atom. The van der Waals surface area contributed by atoms with E-state index < -0.39 is 0 Å². The second-order valence-corrected chi connectivity index (χ2v) is 12.6. The molecule has 0 amide bonds. The molecule has 5 aromatic carbocycles. The summed E-state index contributed by atoms with van der Waals surface area (Å²) in [6.07, 6.45) is 8.69. The first-order valence-electron chi connectivity index (χ1n) is 15.1. The van der Waals surface area contributed by atoms with Crippen LogP contribution in [0.2, 0.25) is 0 Å². The summed E-state index contributed by atoms with van der Waals surface area (Å²) >= 11 is 1.98. The average Bonchev–Trinajstić information content (AvgIpc) is 3.61. The minimum atomic E-state index is -0.358. The van der Waals surface area contributed by atoms with E-state index in [1.165, 1.54) is 32.3 Å². The third kappa shape index (κ3) is 4.84. The van der Waals surface area contributed by atoms with Crippen molar-refractivity contribution in [1.82, 2.24) is 9.88 Å². The van der Waals surface area contributed by atoms with Gasteiger partial charge in [0, 0.05) is 38.1 Å². The quantitative estimate of drug-likeness (QED) is 0.116. The molecule has 1 aliphatic carbocycles. The standard InChI is InChI=1S/C39H32N4S/c40-38(27-11-3-1-4-12-27)42-39(28-13-5-2-6-14-28)41-25-26-19-21-29(22-20-26)43-34-17-9-7-15-30(34)32-23-33-31-16-8-10-18-36(31)44-37(33)24-35(32)43/h1-24,31,36,38H,25,40H2,(H,41,42). The molecule has 44 heavy (non-hydrogen) atoms. The van der Waals surface area contributed by atoms with E-state index >= 15 is 0 Å². The number of fused-ring (bicyclic) bond motifs is 6. The predicted molar refractivity (Wildman–Crippen MR) is 185 cm³/mol. The van der Waals surface area contributed by atoms with Crippen LogP contribution in [0.1, 0.15) is 34.3 Å². The first-order valence-corrected chi connectivity index (χ1v) is 16.0. The van der Waals surface area contributed by atoms with Gasteiger partial charge in [0.05, 0.1) is 17.6 Å². The van der Waals surface area contributed by atoms with E-state index in [2.05, 4.69) is 107 Å². The van der Waals surface area contributed by atoms with Crippen molar-refractivity contribution < 1.29 is 0 Å². The highest BCUT2D eigenvalue weighted by Crippen LogP contribution is 2.50. The number of rotatable bonds is 6. The van der Waals surface area contributed by atoms with Gasteiger partial charge in [-0.25, -0.2) is 0 Å². The van der Waals surface area contributed by atoms with Gasteiger partial charge in [-0.1, -0.05) is 115 Å². The SMILES string of the molecule is NC(N/C(=N\Cc1ccc(-n2c3ccccc3c3cc4c(cc32)SC2C=CC=CC42)cc1)c1ccccc1)c1ccccc1. The molecule has 8 rings (SSSR count). The van der Waals surface area contributed by atoms with E-state index in [-0.39, 0.29) is 6.17 Å². The molecule has 2 heterocycles. The van der Waals surface area contributed by atoms with Crippen molar-refractivity contribution >= 4 is 39.4 Å². The maximum atomic E-state index is 6.53. The molecule has 4 nitrogen and oxygen atoms in total. The number of aliphatic imine (C=N–C) groups is 1. The Hall–Kier alpha value is -4.84. The lowest BCUT2D eigenvalue weighted by atomic mass is 9.91. The Morgan fingerprint density at radius 2 is 1.50 bits per heavy atom. The minimum Gasteiger partial charge on any atom is -0.351 e. The fraction of sp³-hybridized carbons (Fsp3) is 0.103. The molecule has 0 fully saturated rings. The molecule has 0 saturated carbocycles. The summed E-state index contributed by atoms with van der Waals surface area (Å²) in [5.41, 5.74) is 14.8. The van der Waals surface area contributed by atoms with Crippen LogP contribution in [0, 0.1) is 0 Å². The van der Waals surface area contributed by atoms with Gasteiger partial charge in [0.2, 0.25) is 0 Å². The molecule has 3 unspecified atom stereocenters. The second-order valence-electron chi connectivity index (χ2n) is 11.4. The Kier molecular flexibility index (Phi) is 6.90. The van der Waals surface area contributed by atoms with Crippen LogP contribution < -0.4 is 11.1 Å². The number of hydrogen-bond acceptors (Lipinski definition) is 3. The van der Waals surface area contributed by atoms with Crippen LogP contribution in [-0.4, -0.2) is 15.7 Å². The van der Waals surface area contributed by atoms with Crippen molar-refractivity contribution in [1.29, 1.82) is 0 Å². The third-order valence-electron chi connectivity index (χ3n) is 8.62. The molecule has 0 spiro atoms. The second kappa shape index (κ2) is 11.3. The molecule has 1 aromatic heterocycles. The summed E-state index contributed by atoms with van der Waals surface area (Å²) in [4.78, 5) is 6.38.